The molecule has 3 fully saturated rings. The van der Waals surface area contributed by atoms with Gasteiger partial charge in [-0.2, -0.15) is 0 Å². The minimum atomic E-state index is -3.05. The summed E-state index contributed by atoms with van der Waals surface area (Å²) < 4.78 is 25.7. The van der Waals surface area contributed by atoms with Crippen LogP contribution in [0, 0.1) is 23.7 Å². The fourth-order valence-electron chi connectivity index (χ4n) is 5.61. The second kappa shape index (κ2) is 6.80. The molecule has 0 bridgehead atoms. The second-order valence-corrected chi connectivity index (χ2v) is 10.2. The van der Waals surface area contributed by atoms with Gasteiger partial charge in [0.05, 0.1) is 17.1 Å². The van der Waals surface area contributed by atoms with Crippen LogP contribution in [0.5, 0.6) is 0 Å². The van der Waals surface area contributed by atoms with Crippen molar-refractivity contribution in [2.45, 2.75) is 82.5 Å². The van der Waals surface area contributed by atoms with Gasteiger partial charge in [-0.05, 0) is 42.9 Å². The summed E-state index contributed by atoms with van der Waals surface area (Å²) in [5.41, 5.74) is 0. The monoisotopic (exact) mass is 328 g/mol. The van der Waals surface area contributed by atoms with Crippen molar-refractivity contribution in [1.29, 1.82) is 0 Å². The lowest BCUT2D eigenvalue weighted by Crippen LogP contribution is -2.43. The third-order valence-electron chi connectivity index (χ3n) is 6.75. The van der Waals surface area contributed by atoms with E-state index in [0.29, 0.717) is 5.92 Å². The molecule has 5 atom stereocenters. The van der Waals surface area contributed by atoms with Crippen molar-refractivity contribution in [3.63, 3.8) is 0 Å². The molecule has 2 aliphatic carbocycles. The maximum absolute atomic E-state index is 12.9. The lowest BCUT2D eigenvalue weighted by Gasteiger charge is -2.42. The zero-order valence-electron chi connectivity index (χ0n) is 13.9. The van der Waals surface area contributed by atoms with Crippen LogP contribution in [0.1, 0.15) is 71.1 Å². The summed E-state index contributed by atoms with van der Waals surface area (Å²) in [6, 6.07) is 0. The van der Waals surface area contributed by atoms with Crippen molar-refractivity contribution < 1.29 is 13.5 Å². The Morgan fingerprint density at radius 1 is 0.955 bits per heavy atom. The maximum atomic E-state index is 12.9. The Kier molecular flexibility index (Phi) is 5.18. The molecule has 2 saturated carbocycles. The van der Waals surface area contributed by atoms with Crippen molar-refractivity contribution in [1.82, 2.24) is 0 Å². The first-order chi connectivity index (χ1) is 10.5. The van der Waals surface area contributed by atoms with Crippen molar-refractivity contribution in [3.05, 3.63) is 0 Å². The minimum Gasteiger partial charge on any atom is -0.392 e. The molecule has 1 aliphatic heterocycles. The van der Waals surface area contributed by atoms with E-state index >= 15 is 0 Å². The largest absolute Gasteiger partial charge is 0.392 e. The van der Waals surface area contributed by atoms with Crippen LogP contribution in [0.25, 0.3) is 0 Å². The van der Waals surface area contributed by atoms with E-state index in [4.69, 9.17) is 0 Å². The molecule has 0 amide bonds. The van der Waals surface area contributed by atoms with Crippen molar-refractivity contribution in [3.8, 4) is 0 Å². The second-order valence-electron chi connectivity index (χ2n) is 7.95. The molecule has 1 N–H and O–H groups in total. The van der Waals surface area contributed by atoms with Gasteiger partial charge in [0.1, 0.15) is 0 Å². The molecule has 22 heavy (non-hydrogen) atoms. The van der Waals surface area contributed by atoms with Crippen LogP contribution < -0.4 is 0 Å². The first kappa shape index (κ1) is 16.8. The number of aliphatic hydroxyl groups is 1. The Balaban J connectivity index is 1.95. The van der Waals surface area contributed by atoms with Gasteiger partial charge in [-0.3, -0.25) is 0 Å². The van der Waals surface area contributed by atoms with E-state index in [1.165, 1.54) is 32.1 Å². The van der Waals surface area contributed by atoms with Gasteiger partial charge in [-0.1, -0.05) is 51.9 Å². The molecule has 4 heteroatoms. The number of hydrogen-bond donors (Lipinski definition) is 1. The predicted octanol–water partition coefficient (Wildman–Crippen LogP) is 3.56. The van der Waals surface area contributed by atoms with Gasteiger partial charge in [-0.15, -0.1) is 0 Å². The predicted molar refractivity (Wildman–Crippen MR) is 89.4 cm³/mol. The summed E-state index contributed by atoms with van der Waals surface area (Å²) in [6.07, 6.45) is 10.6. The molecule has 1 saturated heterocycles. The fraction of sp³-hybridized carbons (Fsp3) is 1.00. The summed E-state index contributed by atoms with van der Waals surface area (Å²) in [5.74, 6) is 1.16. The molecular formula is C18H32O3S. The van der Waals surface area contributed by atoms with E-state index in [1.54, 1.807) is 0 Å². The fourth-order valence-corrected chi connectivity index (χ4v) is 8.26. The SMILES string of the molecule is CC[C@@H]1CS(=O)(=O)C2CCCCC2[C@H](C2CCCCC2)C1O. The summed E-state index contributed by atoms with van der Waals surface area (Å²) in [6.45, 7) is 2.04. The number of rotatable bonds is 2. The molecule has 0 aromatic carbocycles. The Morgan fingerprint density at radius 3 is 2.27 bits per heavy atom. The Labute approximate surface area is 135 Å². The molecule has 0 aromatic rings. The Bertz CT molecular complexity index is 467. The van der Waals surface area contributed by atoms with Gasteiger partial charge in [0.25, 0.3) is 0 Å². The molecule has 1 heterocycles. The highest BCUT2D eigenvalue weighted by molar-refractivity contribution is 7.92. The van der Waals surface area contributed by atoms with Crippen molar-refractivity contribution >= 4 is 9.84 Å². The highest BCUT2D eigenvalue weighted by Crippen LogP contribution is 2.47. The first-order valence-corrected chi connectivity index (χ1v) is 11.2. The molecule has 3 nitrogen and oxygen atoms in total. The third kappa shape index (κ3) is 3.10. The maximum Gasteiger partial charge on any atom is 0.153 e. The van der Waals surface area contributed by atoms with Crippen LogP contribution in [-0.2, 0) is 9.84 Å². The molecular weight excluding hydrogens is 296 g/mol. The summed E-state index contributed by atoms with van der Waals surface area (Å²) in [5, 5.41) is 10.9. The first-order valence-electron chi connectivity index (χ1n) is 9.44. The van der Waals surface area contributed by atoms with E-state index in [1.807, 2.05) is 6.92 Å². The molecule has 3 unspecified atom stereocenters. The molecule has 0 radical (unpaired) electrons. The van der Waals surface area contributed by atoms with Crippen LogP contribution in [-0.4, -0.2) is 30.6 Å². The van der Waals surface area contributed by atoms with Gasteiger partial charge in [0.15, 0.2) is 9.84 Å². The quantitative estimate of drug-likeness (QED) is 0.843. The van der Waals surface area contributed by atoms with Crippen molar-refractivity contribution in [2.75, 3.05) is 5.75 Å². The Morgan fingerprint density at radius 2 is 1.59 bits per heavy atom. The van der Waals surface area contributed by atoms with Crippen LogP contribution in [0.4, 0.5) is 0 Å². The lowest BCUT2D eigenvalue weighted by atomic mass is 9.65. The highest BCUT2D eigenvalue weighted by Gasteiger charge is 2.50. The van der Waals surface area contributed by atoms with E-state index in [0.717, 1.165) is 32.1 Å². The zero-order chi connectivity index (χ0) is 15.7. The molecule has 0 spiro atoms. The van der Waals surface area contributed by atoms with E-state index in [2.05, 4.69) is 0 Å². The van der Waals surface area contributed by atoms with Gasteiger partial charge < -0.3 is 5.11 Å². The summed E-state index contributed by atoms with van der Waals surface area (Å²) in [7, 11) is -3.05. The van der Waals surface area contributed by atoms with E-state index < -0.39 is 15.9 Å². The zero-order valence-corrected chi connectivity index (χ0v) is 14.7. The van der Waals surface area contributed by atoms with Crippen LogP contribution in [0.15, 0.2) is 0 Å². The van der Waals surface area contributed by atoms with Crippen LogP contribution in [0.3, 0.4) is 0 Å². The molecule has 3 aliphatic rings. The van der Waals surface area contributed by atoms with Gasteiger partial charge in [-0.25, -0.2) is 8.42 Å². The highest BCUT2D eigenvalue weighted by atomic mass is 32.2. The third-order valence-corrected chi connectivity index (χ3v) is 9.15. The summed E-state index contributed by atoms with van der Waals surface area (Å²) in [4.78, 5) is 0. The Hall–Kier alpha value is -0.0900. The lowest BCUT2D eigenvalue weighted by molar-refractivity contribution is -0.0153. The average molecular weight is 329 g/mol. The number of aliphatic hydroxyl groups excluding tert-OH is 1. The number of sulfone groups is 1. The van der Waals surface area contributed by atoms with Crippen LogP contribution in [0.2, 0.25) is 0 Å². The van der Waals surface area contributed by atoms with Gasteiger partial charge >= 0.3 is 0 Å². The smallest absolute Gasteiger partial charge is 0.153 e. The molecule has 128 valence electrons. The van der Waals surface area contributed by atoms with Gasteiger partial charge in [0.2, 0.25) is 0 Å². The van der Waals surface area contributed by atoms with E-state index in [-0.39, 0.29) is 28.8 Å². The average Bonchev–Trinajstić information content (AvgIpc) is 2.62. The normalized spacial score (nSPS) is 43.3. The number of hydrogen-bond acceptors (Lipinski definition) is 3. The van der Waals surface area contributed by atoms with Gasteiger partial charge in [0, 0.05) is 0 Å². The van der Waals surface area contributed by atoms with E-state index in [9.17, 15) is 13.5 Å². The number of fused-ring (bicyclic) bond motifs is 1. The van der Waals surface area contributed by atoms with Crippen LogP contribution >= 0.6 is 0 Å². The minimum absolute atomic E-state index is 0.0532. The standard InChI is InChI=1S/C18H32O3S/c1-2-13-12-22(20,21)16-11-7-6-10-15(16)17(18(13)19)14-8-4-3-5-9-14/h13-19H,2-12H2,1H3/t13-,15?,16?,17+,18?/m1/s1. The summed E-state index contributed by atoms with van der Waals surface area (Å²) >= 11 is 0. The molecule has 0 aromatic heterocycles. The van der Waals surface area contributed by atoms with Crippen molar-refractivity contribution in [2.24, 2.45) is 23.7 Å². The molecule has 3 rings (SSSR count). The topological polar surface area (TPSA) is 54.4 Å².